The van der Waals surface area contributed by atoms with E-state index in [0.29, 0.717) is 12.6 Å². The van der Waals surface area contributed by atoms with E-state index in [1.165, 1.54) is 30.5 Å². The fourth-order valence-electron chi connectivity index (χ4n) is 4.16. The van der Waals surface area contributed by atoms with Gasteiger partial charge in [-0.3, -0.25) is 0 Å². The summed E-state index contributed by atoms with van der Waals surface area (Å²) in [4.78, 5) is 7.36. The number of nitrogens with one attached hydrogen (secondary N) is 1. The Hall–Kier alpha value is -1.44. The van der Waals surface area contributed by atoms with Crippen LogP contribution in [0.1, 0.15) is 70.2 Å². The van der Waals surface area contributed by atoms with E-state index in [1.807, 2.05) is 27.7 Å². The van der Waals surface area contributed by atoms with Crippen LogP contribution in [0, 0.1) is 11.8 Å². The molecule has 2 saturated carbocycles. The molecule has 6 nitrogen and oxygen atoms in total. The molecule has 2 aliphatic carbocycles. The molecule has 1 N–H and O–H groups in total. The van der Waals surface area contributed by atoms with E-state index >= 15 is 0 Å². The quantitative estimate of drug-likeness (QED) is 0.806. The van der Waals surface area contributed by atoms with E-state index in [1.54, 1.807) is 0 Å². The molecule has 0 spiro atoms. The molecule has 3 heterocycles. The van der Waals surface area contributed by atoms with Crippen molar-refractivity contribution in [2.24, 2.45) is 11.8 Å². The molecule has 0 radical (unpaired) electrons. The molecule has 3 unspecified atom stereocenters. The minimum Gasteiger partial charge on any atom is -0.361 e. The van der Waals surface area contributed by atoms with Crippen LogP contribution >= 0.6 is 0 Å². The standard InChI is InChI=1S/C22H32N4O2S/c1-14(24-29(27)22(2,3)4)19-11-25-9-17(15-5-6-15)8-20(21(25)23-19)26-10-16-7-18(16)12-28-13-26/h8-9,11,14-16,18,24H,5-7,10,12-13H2,1-4H3/t14-,16?,18?,29?/m1/s1. The minimum atomic E-state index is -1.13. The number of anilines is 1. The van der Waals surface area contributed by atoms with Crippen LogP contribution in [0.3, 0.4) is 0 Å². The molecule has 0 aromatic carbocycles. The largest absolute Gasteiger partial charge is 0.361 e. The SMILES string of the molecule is C[C@@H](NS(=O)C(C)(C)C)c1cn2cc(C3CC3)cc(N3COCC4CC4C3)c2n1. The number of ether oxygens (including phenoxy) is 1. The van der Waals surface area contributed by atoms with Gasteiger partial charge in [0.15, 0.2) is 5.65 Å². The summed E-state index contributed by atoms with van der Waals surface area (Å²) in [6.45, 7) is 10.6. The van der Waals surface area contributed by atoms with Gasteiger partial charge >= 0.3 is 0 Å². The number of imidazole rings is 1. The molecule has 3 aliphatic rings. The van der Waals surface area contributed by atoms with E-state index in [9.17, 15) is 4.21 Å². The molecule has 0 amide bonds. The van der Waals surface area contributed by atoms with Gasteiger partial charge in [0.05, 0.1) is 39.8 Å². The Kier molecular flexibility index (Phi) is 4.76. The fraction of sp³-hybridized carbons (Fsp3) is 0.682. The first kappa shape index (κ1) is 19.5. The number of pyridine rings is 1. The lowest BCUT2D eigenvalue weighted by Gasteiger charge is -2.24. The lowest BCUT2D eigenvalue weighted by molar-refractivity contribution is 0.133. The Bertz CT molecular complexity index is 946. The van der Waals surface area contributed by atoms with E-state index in [4.69, 9.17) is 9.72 Å². The van der Waals surface area contributed by atoms with Crippen molar-refractivity contribution in [3.8, 4) is 0 Å². The van der Waals surface area contributed by atoms with Gasteiger partial charge < -0.3 is 14.0 Å². The lowest BCUT2D eigenvalue weighted by Crippen LogP contribution is -2.34. The Morgan fingerprint density at radius 1 is 1.28 bits per heavy atom. The van der Waals surface area contributed by atoms with Gasteiger partial charge in [-0.05, 0) is 76.3 Å². The summed E-state index contributed by atoms with van der Waals surface area (Å²) < 4.78 is 23.6. The highest BCUT2D eigenvalue weighted by Crippen LogP contribution is 2.44. The average molecular weight is 417 g/mol. The molecule has 4 atom stereocenters. The zero-order valence-corrected chi connectivity index (χ0v) is 18.7. The van der Waals surface area contributed by atoms with E-state index in [2.05, 4.69) is 32.5 Å². The maximum Gasteiger partial charge on any atom is 0.160 e. The zero-order valence-electron chi connectivity index (χ0n) is 17.9. The summed E-state index contributed by atoms with van der Waals surface area (Å²) in [6, 6.07) is 2.25. The summed E-state index contributed by atoms with van der Waals surface area (Å²) in [5.74, 6) is 2.18. The van der Waals surface area contributed by atoms with Crippen LogP contribution in [0.15, 0.2) is 18.5 Å². The summed E-state index contributed by atoms with van der Waals surface area (Å²) in [6.07, 6.45) is 8.17. The molecule has 5 rings (SSSR count). The molecule has 3 fully saturated rings. The maximum atomic E-state index is 12.5. The Labute approximate surface area is 175 Å². The molecule has 2 aromatic heterocycles. The van der Waals surface area contributed by atoms with Crippen molar-refractivity contribution in [2.45, 2.75) is 63.7 Å². The predicted molar refractivity (Wildman–Crippen MR) is 116 cm³/mol. The monoisotopic (exact) mass is 416 g/mol. The van der Waals surface area contributed by atoms with Gasteiger partial charge in [-0.25, -0.2) is 13.9 Å². The van der Waals surface area contributed by atoms with Crippen LogP contribution in [-0.4, -0.2) is 38.2 Å². The number of hydrogen-bond donors (Lipinski definition) is 1. The van der Waals surface area contributed by atoms with E-state index < -0.39 is 11.0 Å². The highest BCUT2D eigenvalue weighted by atomic mass is 32.2. The molecule has 7 heteroatoms. The van der Waals surface area contributed by atoms with Gasteiger partial charge in [0.1, 0.15) is 6.73 Å². The third kappa shape index (κ3) is 3.97. The van der Waals surface area contributed by atoms with Crippen LogP contribution < -0.4 is 9.62 Å². The Morgan fingerprint density at radius 3 is 2.79 bits per heavy atom. The number of nitrogens with zero attached hydrogens (tertiary/aromatic N) is 3. The van der Waals surface area contributed by atoms with Gasteiger partial charge in [-0.2, -0.15) is 0 Å². The molecule has 2 aromatic rings. The molecule has 158 valence electrons. The highest BCUT2D eigenvalue weighted by Gasteiger charge is 2.41. The van der Waals surface area contributed by atoms with E-state index in [0.717, 1.165) is 36.3 Å². The molecule has 1 aliphatic heterocycles. The average Bonchev–Trinajstić information content (AvgIpc) is 3.55. The van der Waals surface area contributed by atoms with Crippen molar-refractivity contribution in [3.63, 3.8) is 0 Å². The molecular weight excluding hydrogens is 384 g/mol. The summed E-state index contributed by atoms with van der Waals surface area (Å²) >= 11 is 0. The van der Waals surface area contributed by atoms with Gasteiger partial charge in [0.25, 0.3) is 0 Å². The van der Waals surface area contributed by atoms with Crippen molar-refractivity contribution in [1.82, 2.24) is 14.1 Å². The maximum absolute atomic E-state index is 12.5. The first-order chi connectivity index (χ1) is 13.8. The van der Waals surface area contributed by atoms with Crippen LogP contribution in [0.2, 0.25) is 0 Å². The van der Waals surface area contributed by atoms with Crippen molar-refractivity contribution in [3.05, 3.63) is 29.7 Å². The van der Waals surface area contributed by atoms with Crippen molar-refractivity contribution >= 4 is 22.3 Å². The lowest BCUT2D eigenvalue weighted by atomic mass is 10.1. The summed E-state index contributed by atoms with van der Waals surface area (Å²) in [5.41, 5.74) is 4.48. The van der Waals surface area contributed by atoms with Crippen molar-refractivity contribution < 1.29 is 8.95 Å². The van der Waals surface area contributed by atoms with Crippen LogP contribution in [-0.2, 0) is 15.7 Å². The first-order valence-corrected chi connectivity index (χ1v) is 12.0. The molecule has 1 saturated heterocycles. The number of hydrogen-bond acceptors (Lipinski definition) is 4. The molecule has 29 heavy (non-hydrogen) atoms. The second-order valence-electron chi connectivity index (χ2n) is 10.0. The first-order valence-electron chi connectivity index (χ1n) is 10.8. The minimum absolute atomic E-state index is 0.0830. The van der Waals surface area contributed by atoms with Crippen LogP contribution in [0.5, 0.6) is 0 Å². The number of rotatable bonds is 5. The van der Waals surface area contributed by atoms with E-state index in [-0.39, 0.29) is 10.8 Å². The van der Waals surface area contributed by atoms with Gasteiger partial charge in [0, 0.05) is 18.9 Å². The topological polar surface area (TPSA) is 58.9 Å². The third-order valence-electron chi connectivity index (χ3n) is 6.35. The Balaban J connectivity index is 1.49. The molecule has 0 bridgehead atoms. The number of fused-ring (bicyclic) bond motifs is 2. The zero-order chi connectivity index (χ0) is 20.3. The molecular formula is C22H32N4O2S. The highest BCUT2D eigenvalue weighted by molar-refractivity contribution is 7.84. The van der Waals surface area contributed by atoms with Gasteiger partial charge in [-0.15, -0.1) is 0 Å². The van der Waals surface area contributed by atoms with Gasteiger partial charge in [0.2, 0.25) is 0 Å². The van der Waals surface area contributed by atoms with Gasteiger partial charge in [-0.1, -0.05) is 0 Å². The summed E-state index contributed by atoms with van der Waals surface area (Å²) in [7, 11) is -1.13. The summed E-state index contributed by atoms with van der Waals surface area (Å²) in [5, 5.41) is 0. The Morgan fingerprint density at radius 2 is 2.07 bits per heavy atom. The van der Waals surface area contributed by atoms with Crippen molar-refractivity contribution in [1.29, 1.82) is 0 Å². The predicted octanol–water partition coefficient (Wildman–Crippen LogP) is 3.75. The smallest absolute Gasteiger partial charge is 0.160 e. The van der Waals surface area contributed by atoms with Crippen molar-refractivity contribution in [2.75, 3.05) is 24.8 Å². The fourth-order valence-corrected chi connectivity index (χ4v) is 4.95. The van der Waals surface area contributed by atoms with Crippen LogP contribution in [0.4, 0.5) is 5.69 Å². The third-order valence-corrected chi connectivity index (χ3v) is 8.03. The van der Waals surface area contributed by atoms with Crippen LogP contribution in [0.25, 0.3) is 5.65 Å². The second-order valence-corrected chi connectivity index (χ2v) is 12.0. The normalized spacial score (nSPS) is 26.8. The number of aromatic nitrogens is 2. The second kappa shape index (κ2) is 7.06.